The average Bonchev–Trinajstić information content (AvgIpc) is 3.15. The number of rotatable bonds is 3. The van der Waals surface area contributed by atoms with Gasteiger partial charge in [0.25, 0.3) is 11.6 Å². The molecule has 5 nitrogen and oxygen atoms in total. The lowest BCUT2D eigenvalue weighted by Gasteiger charge is -2.31. The van der Waals surface area contributed by atoms with Gasteiger partial charge in [-0.1, -0.05) is 11.6 Å². The highest BCUT2D eigenvalue weighted by atomic mass is 79.9. The van der Waals surface area contributed by atoms with E-state index in [0.717, 1.165) is 38.8 Å². The molecule has 0 saturated carbocycles. The van der Waals surface area contributed by atoms with E-state index in [-0.39, 0.29) is 16.0 Å². The second kappa shape index (κ2) is 6.17. The van der Waals surface area contributed by atoms with E-state index in [4.69, 9.17) is 16.3 Å². The van der Waals surface area contributed by atoms with Gasteiger partial charge in [0.15, 0.2) is 11.6 Å². The van der Waals surface area contributed by atoms with E-state index in [1.807, 2.05) is 0 Å². The molecule has 2 aliphatic heterocycles. The van der Waals surface area contributed by atoms with Gasteiger partial charge in [0, 0.05) is 0 Å². The van der Waals surface area contributed by atoms with Crippen LogP contribution in [0.4, 0.5) is 8.78 Å². The van der Waals surface area contributed by atoms with Crippen molar-refractivity contribution in [1.29, 1.82) is 0 Å². The number of aromatic amines is 1. The van der Waals surface area contributed by atoms with Crippen LogP contribution in [0.3, 0.4) is 0 Å². The van der Waals surface area contributed by atoms with Gasteiger partial charge in [-0.3, -0.25) is 14.7 Å². The zero-order valence-electron chi connectivity index (χ0n) is 13.2. The van der Waals surface area contributed by atoms with E-state index < -0.39 is 33.1 Å². The van der Waals surface area contributed by atoms with Gasteiger partial charge in [0.2, 0.25) is 0 Å². The third-order valence-corrected chi connectivity index (χ3v) is 6.52. The van der Waals surface area contributed by atoms with E-state index in [1.54, 1.807) is 0 Å². The van der Waals surface area contributed by atoms with Crippen LogP contribution >= 0.6 is 27.5 Å². The van der Waals surface area contributed by atoms with Gasteiger partial charge < -0.3 is 4.74 Å². The number of hydrogen-bond donors (Lipinski definition) is 1. The fourth-order valence-electron chi connectivity index (χ4n) is 3.95. The molecular weight excluding hydrogens is 420 g/mol. The summed E-state index contributed by atoms with van der Waals surface area (Å²) < 4.78 is 34.0. The fraction of sp³-hybridized carbons (Fsp3) is 0.500. The number of halogens is 4. The molecular formula is C16H15BrClF2N3O2. The number of aromatic nitrogens is 2. The molecule has 0 spiro atoms. The third kappa shape index (κ3) is 2.65. The van der Waals surface area contributed by atoms with Crippen LogP contribution in [0.2, 0.25) is 5.02 Å². The lowest BCUT2D eigenvalue weighted by atomic mass is 9.95. The molecule has 3 heterocycles. The molecule has 1 aromatic heterocycles. The van der Waals surface area contributed by atoms with Gasteiger partial charge in [-0.15, -0.1) is 0 Å². The highest BCUT2D eigenvalue weighted by Gasteiger charge is 2.45. The zero-order valence-corrected chi connectivity index (χ0v) is 15.5. The summed E-state index contributed by atoms with van der Waals surface area (Å²) in [6.45, 7) is 2.44. The van der Waals surface area contributed by atoms with Crippen molar-refractivity contribution in [3.05, 3.63) is 31.5 Å². The molecule has 2 saturated heterocycles. The van der Waals surface area contributed by atoms with Crippen molar-refractivity contribution in [1.82, 2.24) is 14.9 Å². The molecule has 0 atom stereocenters. The second-order valence-electron chi connectivity index (χ2n) is 6.56. The molecule has 2 fully saturated rings. The first-order chi connectivity index (χ1) is 11.9. The Hall–Kier alpha value is -1.25. The van der Waals surface area contributed by atoms with Crippen molar-refractivity contribution in [2.75, 3.05) is 19.7 Å². The first-order valence-electron chi connectivity index (χ1n) is 8.07. The van der Waals surface area contributed by atoms with Gasteiger partial charge in [-0.2, -0.15) is 4.98 Å². The minimum atomic E-state index is -1.01. The van der Waals surface area contributed by atoms with Crippen LogP contribution in [0.25, 0.3) is 10.9 Å². The van der Waals surface area contributed by atoms with E-state index in [9.17, 15) is 13.6 Å². The standard InChI is InChI=1S/C16H15BrClF2N3O2/c17-9-10(18)11(19)8-13(12(9)20)21-15(22-14(8)24)25-7-16-3-1-5-23(16)6-2-4-16/h1-7H2,(H,21,22,24). The van der Waals surface area contributed by atoms with Crippen molar-refractivity contribution in [3.8, 4) is 6.01 Å². The molecule has 9 heteroatoms. The summed E-state index contributed by atoms with van der Waals surface area (Å²) >= 11 is 8.58. The predicted octanol–water partition coefficient (Wildman–Crippen LogP) is 3.62. The van der Waals surface area contributed by atoms with Crippen molar-refractivity contribution >= 4 is 38.4 Å². The Labute approximate surface area is 155 Å². The Morgan fingerprint density at radius 1 is 1.28 bits per heavy atom. The van der Waals surface area contributed by atoms with Gasteiger partial charge in [-0.25, -0.2) is 8.78 Å². The molecule has 0 aliphatic carbocycles. The van der Waals surface area contributed by atoms with Crippen molar-refractivity contribution in [3.63, 3.8) is 0 Å². The molecule has 1 aromatic carbocycles. The monoisotopic (exact) mass is 433 g/mol. The molecule has 0 radical (unpaired) electrons. The molecule has 4 rings (SSSR count). The highest BCUT2D eigenvalue weighted by Crippen LogP contribution is 2.39. The van der Waals surface area contributed by atoms with Gasteiger partial charge in [0.05, 0.1) is 15.0 Å². The first kappa shape index (κ1) is 17.2. The quantitative estimate of drug-likeness (QED) is 0.592. The summed E-state index contributed by atoms with van der Waals surface area (Å²) in [5.41, 5.74) is -1.27. The van der Waals surface area contributed by atoms with Crippen LogP contribution in [0.15, 0.2) is 9.27 Å². The van der Waals surface area contributed by atoms with Crippen molar-refractivity contribution in [2.45, 2.75) is 31.2 Å². The molecule has 0 bridgehead atoms. The molecule has 2 aliphatic rings. The summed E-state index contributed by atoms with van der Waals surface area (Å²) in [4.78, 5) is 20.9. The van der Waals surface area contributed by atoms with Crippen LogP contribution in [0, 0.1) is 11.6 Å². The SMILES string of the molecule is O=c1[nH]c(OCC23CCCN2CCC3)nc2c(F)c(Br)c(Cl)c(F)c12. The fourth-order valence-corrected chi connectivity index (χ4v) is 4.49. The van der Waals surface area contributed by atoms with Crippen LogP contribution in [0.5, 0.6) is 6.01 Å². The molecule has 25 heavy (non-hydrogen) atoms. The number of benzene rings is 1. The van der Waals surface area contributed by atoms with Crippen LogP contribution in [-0.2, 0) is 0 Å². The number of nitrogens with one attached hydrogen (secondary N) is 1. The summed E-state index contributed by atoms with van der Waals surface area (Å²) in [7, 11) is 0. The molecule has 2 aromatic rings. The molecule has 1 N–H and O–H groups in total. The number of H-pyrrole nitrogens is 1. The molecule has 0 unspecified atom stereocenters. The van der Waals surface area contributed by atoms with Gasteiger partial charge >= 0.3 is 0 Å². The molecule has 0 amide bonds. The number of nitrogens with zero attached hydrogens (tertiary/aromatic N) is 2. The van der Waals surface area contributed by atoms with Crippen LogP contribution in [-0.4, -0.2) is 40.1 Å². The topological polar surface area (TPSA) is 58.2 Å². The van der Waals surface area contributed by atoms with E-state index in [0.29, 0.717) is 6.61 Å². The zero-order chi connectivity index (χ0) is 17.8. The predicted molar refractivity (Wildman–Crippen MR) is 93.3 cm³/mol. The average molecular weight is 435 g/mol. The van der Waals surface area contributed by atoms with Crippen molar-refractivity contribution < 1.29 is 13.5 Å². The summed E-state index contributed by atoms with van der Waals surface area (Å²) in [6.07, 6.45) is 4.26. The van der Waals surface area contributed by atoms with Crippen molar-refractivity contribution in [2.24, 2.45) is 0 Å². The number of ether oxygens (including phenoxy) is 1. The lowest BCUT2D eigenvalue weighted by Crippen LogP contribution is -2.43. The van der Waals surface area contributed by atoms with E-state index in [2.05, 4.69) is 30.8 Å². The first-order valence-corrected chi connectivity index (χ1v) is 9.24. The largest absolute Gasteiger partial charge is 0.463 e. The molecule has 134 valence electrons. The lowest BCUT2D eigenvalue weighted by molar-refractivity contribution is 0.107. The Morgan fingerprint density at radius 3 is 2.64 bits per heavy atom. The van der Waals surface area contributed by atoms with Crippen LogP contribution in [0.1, 0.15) is 25.7 Å². The van der Waals surface area contributed by atoms with Crippen LogP contribution < -0.4 is 10.3 Å². The van der Waals surface area contributed by atoms with E-state index >= 15 is 0 Å². The smallest absolute Gasteiger partial charge is 0.297 e. The minimum absolute atomic E-state index is 0.0438. The van der Waals surface area contributed by atoms with Gasteiger partial charge in [0.1, 0.15) is 17.5 Å². The Morgan fingerprint density at radius 2 is 1.96 bits per heavy atom. The summed E-state index contributed by atoms with van der Waals surface area (Å²) in [5.74, 6) is -1.90. The normalized spacial score (nSPS) is 19.5. The Kier molecular flexibility index (Phi) is 4.24. The highest BCUT2D eigenvalue weighted by molar-refractivity contribution is 9.10. The Balaban J connectivity index is 1.71. The number of hydrogen-bond acceptors (Lipinski definition) is 4. The van der Waals surface area contributed by atoms with Gasteiger partial charge in [-0.05, 0) is 54.7 Å². The Bertz CT molecular complexity index is 911. The maximum absolute atomic E-state index is 14.4. The summed E-state index contributed by atoms with van der Waals surface area (Å²) in [6, 6.07) is -0.113. The minimum Gasteiger partial charge on any atom is -0.463 e. The third-order valence-electron chi connectivity index (χ3n) is 5.19. The maximum Gasteiger partial charge on any atom is 0.297 e. The number of fused-ring (bicyclic) bond motifs is 2. The second-order valence-corrected chi connectivity index (χ2v) is 7.73. The van der Waals surface area contributed by atoms with E-state index in [1.165, 1.54) is 0 Å². The maximum atomic E-state index is 14.4. The summed E-state index contributed by atoms with van der Waals surface area (Å²) in [5, 5.41) is -1.00.